The van der Waals surface area contributed by atoms with Gasteiger partial charge in [-0.05, 0) is 57.6 Å². The van der Waals surface area contributed by atoms with Gasteiger partial charge in [-0.1, -0.05) is 101 Å². The monoisotopic (exact) mass is 374 g/mol. The van der Waals surface area contributed by atoms with E-state index in [-0.39, 0.29) is 0 Å². The summed E-state index contributed by atoms with van der Waals surface area (Å²) in [5.41, 5.74) is 9.15. The Morgan fingerprint density at radius 1 is 0.926 bits per heavy atom. The molecule has 0 spiro atoms. The Hall–Kier alpha value is -1.86. The van der Waals surface area contributed by atoms with Crippen LogP contribution >= 0.6 is 0 Å². The first-order chi connectivity index (χ1) is 13.1. The van der Waals surface area contributed by atoms with E-state index >= 15 is 0 Å². The highest BCUT2D eigenvalue weighted by Gasteiger charge is 2.18. The largest absolute Gasteiger partial charge is 0.0839 e. The van der Waals surface area contributed by atoms with Crippen molar-refractivity contribution in [1.82, 2.24) is 0 Å². The van der Waals surface area contributed by atoms with Crippen molar-refractivity contribution in [3.8, 4) is 0 Å². The maximum atomic E-state index is 2.56. The molecule has 0 aromatic heterocycles. The zero-order chi connectivity index (χ0) is 19.2. The van der Waals surface area contributed by atoms with Gasteiger partial charge in [-0.3, -0.25) is 0 Å². The second-order valence-electron chi connectivity index (χ2n) is 8.28. The fourth-order valence-corrected chi connectivity index (χ4v) is 6.51. The molecular weight excluding hydrogens is 340 g/mol. The molecule has 0 N–H and O–H groups in total. The standard InChI is InChI=1S/C26H34Si/c1-5-6-8-13-23-17-24(16-22-11-9-7-10-12-22)25(18-23)27-26-20(3)14-19(2)15-21(26)4/h7,9-12,14-15,17H,5-6,8,13,16,18,27H2,1-4H3. The molecule has 0 saturated heterocycles. The average Bonchev–Trinajstić information content (AvgIpc) is 3.00. The molecule has 1 heteroatoms. The van der Waals surface area contributed by atoms with E-state index in [9.17, 15) is 0 Å². The van der Waals surface area contributed by atoms with Crippen molar-refractivity contribution in [3.05, 3.63) is 87.1 Å². The number of allylic oxidation sites excluding steroid dienone is 4. The van der Waals surface area contributed by atoms with Crippen LogP contribution in [0.3, 0.4) is 0 Å². The van der Waals surface area contributed by atoms with Gasteiger partial charge in [0.05, 0.1) is 9.52 Å². The van der Waals surface area contributed by atoms with Gasteiger partial charge in [-0.15, -0.1) is 0 Å². The normalized spacial score (nSPS) is 14.4. The second-order valence-corrected chi connectivity index (χ2v) is 10.2. The number of unbranched alkanes of at least 4 members (excludes halogenated alkanes) is 2. The van der Waals surface area contributed by atoms with Crippen LogP contribution in [0.1, 0.15) is 61.3 Å². The smallest absolute Gasteiger partial charge is 0.0751 e. The Morgan fingerprint density at radius 3 is 2.30 bits per heavy atom. The third-order valence-corrected chi connectivity index (χ3v) is 8.44. The molecular formula is C26H34Si. The molecule has 0 saturated carbocycles. The number of hydrogen-bond donors (Lipinski definition) is 0. The van der Waals surface area contributed by atoms with Gasteiger partial charge in [0.25, 0.3) is 0 Å². The van der Waals surface area contributed by atoms with Crippen LogP contribution in [0, 0.1) is 20.8 Å². The second kappa shape index (κ2) is 9.37. The van der Waals surface area contributed by atoms with E-state index in [1.807, 2.05) is 0 Å². The highest BCUT2D eigenvalue weighted by molar-refractivity contribution is 6.62. The van der Waals surface area contributed by atoms with E-state index in [2.05, 4.69) is 76.2 Å². The molecule has 0 bridgehead atoms. The summed E-state index contributed by atoms with van der Waals surface area (Å²) in [6, 6.07) is 15.8. The lowest BCUT2D eigenvalue weighted by Crippen LogP contribution is -2.23. The molecule has 0 unspecified atom stereocenters. The lowest BCUT2D eigenvalue weighted by Gasteiger charge is -2.14. The van der Waals surface area contributed by atoms with Crippen LogP contribution in [0.5, 0.6) is 0 Å². The van der Waals surface area contributed by atoms with Crippen LogP contribution in [0.15, 0.2) is 64.9 Å². The molecule has 142 valence electrons. The highest BCUT2D eigenvalue weighted by Crippen LogP contribution is 2.30. The number of hydrogen-bond acceptors (Lipinski definition) is 0. The molecule has 27 heavy (non-hydrogen) atoms. The first-order valence-corrected chi connectivity index (χ1v) is 12.0. The molecule has 0 aliphatic heterocycles. The van der Waals surface area contributed by atoms with Crippen LogP contribution in [0.2, 0.25) is 0 Å². The summed E-state index contributed by atoms with van der Waals surface area (Å²) in [6.45, 7) is 9.13. The molecule has 3 rings (SSSR count). The summed E-state index contributed by atoms with van der Waals surface area (Å²) in [5.74, 6) is 0. The van der Waals surface area contributed by atoms with Gasteiger partial charge >= 0.3 is 0 Å². The van der Waals surface area contributed by atoms with Gasteiger partial charge < -0.3 is 0 Å². The summed E-state index contributed by atoms with van der Waals surface area (Å²) >= 11 is 0. The van der Waals surface area contributed by atoms with Crippen LogP contribution in [0.25, 0.3) is 0 Å². The zero-order valence-electron chi connectivity index (χ0n) is 17.6. The number of aryl methyl sites for hydroxylation is 3. The predicted octanol–water partition coefficient (Wildman–Crippen LogP) is 5.81. The predicted molar refractivity (Wildman–Crippen MR) is 123 cm³/mol. The van der Waals surface area contributed by atoms with Crippen molar-refractivity contribution >= 4 is 14.7 Å². The SMILES string of the molecule is CCCCCC1=CC(Cc2ccccc2)=C([SiH2]c2c(C)cc(C)cc2C)C1. The van der Waals surface area contributed by atoms with E-state index in [0.717, 1.165) is 6.42 Å². The Labute approximate surface area is 168 Å². The Morgan fingerprint density at radius 2 is 1.63 bits per heavy atom. The molecule has 1 aliphatic rings. The zero-order valence-corrected chi connectivity index (χ0v) is 19.0. The summed E-state index contributed by atoms with van der Waals surface area (Å²) in [7, 11) is -0.405. The van der Waals surface area contributed by atoms with E-state index in [1.165, 1.54) is 54.4 Å². The lowest BCUT2D eigenvalue weighted by molar-refractivity contribution is 0.708. The average molecular weight is 375 g/mol. The molecule has 2 aromatic rings. The van der Waals surface area contributed by atoms with Gasteiger partial charge in [0.15, 0.2) is 0 Å². The van der Waals surface area contributed by atoms with Gasteiger partial charge in [-0.2, -0.15) is 0 Å². The van der Waals surface area contributed by atoms with Gasteiger partial charge in [0, 0.05) is 0 Å². The van der Waals surface area contributed by atoms with Crippen LogP contribution < -0.4 is 5.19 Å². The molecule has 2 aromatic carbocycles. The van der Waals surface area contributed by atoms with Gasteiger partial charge in [0.1, 0.15) is 0 Å². The Balaban J connectivity index is 1.84. The number of rotatable bonds is 8. The Kier molecular flexibility index (Phi) is 6.90. The van der Waals surface area contributed by atoms with Crippen molar-refractivity contribution in [3.63, 3.8) is 0 Å². The number of benzene rings is 2. The van der Waals surface area contributed by atoms with Gasteiger partial charge in [-0.25, -0.2) is 0 Å². The molecule has 0 amide bonds. The molecule has 1 aliphatic carbocycles. The van der Waals surface area contributed by atoms with Crippen molar-refractivity contribution in [2.45, 2.75) is 66.2 Å². The fourth-order valence-electron chi connectivity index (χ4n) is 4.42. The Bertz CT molecular complexity index is 817. The van der Waals surface area contributed by atoms with Crippen LogP contribution in [-0.4, -0.2) is 9.52 Å². The minimum atomic E-state index is -0.405. The van der Waals surface area contributed by atoms with E-state index < -0.39 is 9.52 Å². The summed E-state index contributed by atoms with van der Waals surface area (Å²) < 4.78 is 0. The third kappa shape index (κ3) is 5.32. The van der Waals surface area contributed by atoms with Crippen molar-refractivity contribution in [2.24, 2.45) is 0 Å². The summed E-state index contributed by atoms with van der Waals surface area (Å²) in [4.78, 5) is 0. The van der Waals surface area contributed by atoms with E-state index in [4.69, 9.17) is 0 Å². The van der Waals surface area contributed by atoms with Gasteiger partial charge in [0.2, 0.25) is 0 Å². The minimum absolute atomic E-state index is 0.405. The van der Waals surface area contributed by atoms with Crippen molar-refractivity contribution in [1.29, 1.82) is 0 Å². The van der Waals surface area contributed by atoms with Crippen LogP contribution in [-0.2, 0) is 6.42 Å². The van der Waals surface area contributed by atoms with Crippen molar-refractivity contribution < 1.29 is 0 Å². The lowest BCUT2D eigenvalue weighted by atomic mass is 10.1. The maximum absolute atomic E-state index is 2.56. The molecule has 0 fully saturated rings. The third-order valence-electron chi connectivity index (χ3n) is 5.84. The summed E-state index contributed by atoms with van der Waals surface area (Å²) in [5, 5.41) is 3.45. The molecule has 0 atom stereocenters. The molecule has 0 heterocycles. The topological polar surface area (TPSA) is 0 Å². The highest BCUT2D eigenvalue weighted by atomic mass is 28.2. The quantitative estimate of drug-likeness (QED) is 0.404. The van der Waals surface area contributed by atoms with Crippen molar-refractivity contribution in [2.75, 3.05) is 0 Å². The summed E-state index contributed by atoms with van der Waals surface area (Å²) in [6.07, 6.45) is 10.2. The molecule has 0 radical (unpaired) electrons. The maximum Gasteiger partial charge on any atom is 0.0839 e. The molecule has 0 nitrogen and oxygen atoms in total. The minimum Gasteiger partial charge on any atom is -0.0751 e. The van der Waals surface area contributed by atoms with E-state index in [1.54, 1.807) is 21.5 Å². The van der Waals surface area contributed by atoms with E-state index in [0.29, 0.717) is 0 Å². The first kappa shape index (κ1) is 19.9. The van der Waals surface area contributed by atoms with Crippen LogP contribution in [0.4, 0.5) is 0 Å². The first-order valence-electron chi connectivity index (χ1n) is 10.6. The fraction of sp³-hybridized carbons (Fsp3) is 0.385.